The van der Waals surface area contributed by atoms with Crippen LogP contribution in [0.5, 0.6) is 0 Å². The molecule has 1 aromatic carbocycles. The number of benzene rings is 1. The van der Waals surface area contributed by atoms with Gasteiger partial charge in [-0.2, -0.15) is 5.53 Å². The van der Waals surface area contributed by atoms with Crippen molar-refractivity contribution in [3.05, 3.63) is 59.9 Å². The van der Waals surface area contributed by atoms with Crippen molar-refractivity contribution in [3.63, 3.8) is 0 Å². The van der Waals surface area contributed by atoms with Crippen molar-refractivity contribution < 1.29 is 14.7 Å². The highest BCUT2D eigenvalue weighted by atomic mass is 16.4. The summed E-state index contributed by atoms with van der Waals surface area (Å²) in [6.45, 7) is 0. The summed E-state index contributed by atoms with van der Waals surface area (Å²) in [5.41, 5.74) is 14.6. The number of hydrogen-bond donors (Lipinski definition) is 5. The van der Waals surface area contributed by atoms with Crippen molar-refractivity contribution in [1.82, 2.24) is 15.9 Å². The van der Waals surface area contributed by atoms with E-state index in [9.17, 15) is 14.7 Å². The number of primary amides is 1. The number of hydrazine groups is 2. The number of carbonyl (C=O) groups excluding carboxylic acids is 1. The Kier molecular flexibility index (Phi) is 5.61. The molecule has 0 saturated heterocycles. The number of carboxylic acid groups (broad SMARTS) is 1. The molecule has 2 rings (SSSR count). The molecular formula is C15H17N5O3. The first-order chi connectivity index (χ1) is 11.1. The monoisotopic (exact) mass is 315 g/mol. The number of nitrogens with two attached hydrogens (primary N) is 1. The Hall–Kier alpha value is -2.97. The van der Waals surface area contributed by atoms with E-state index in [4.69, 9.17) is 5.73 Å². The quantitative estimate of drug-likeness (QED) is 0.443. The van der Waals surface area contributed by atoms with Crippen LogP contribution in [-0.2, 0) is 11.2 Å². The third-order valence-corrected chi connectivity index (χ3v) is 3.11. The average Bonchev–Trinajstić information content (AvgIpc) is 2.55. The van der Waals surface area contributed by atoms with Crippen molar-refractivity contribution in [2.24, 2.45) is 5.73 Å². The zero-order chi connectivity index (χ0) is 16.7. The second-order valence-corrected chi connectivity index (χ2v) is 4.76. The number of rotatable bonds is 8. The molecule has 0 radical (unpaired) electrons. The van der Waals surface area contributed by atoms with Crippen LogP contribution < -0.4 is 22.1 Å². The number of hydrogen-bond acceptors (Lipinski definition) is 6. The molecule has 0 saturated carbocycles. The van der Waals surface area contributed by atoms with E-state index in [0.717, 1.165) is 5.56 Å². The summed E-state index contributed by atoms with van der Waals surface area (Å²) in [6.07, 6.45) is 3.10. The highest BCUT2D eigenvalue weighted by molar-refractivity contribution is 5.97. The second kappa shape index (κ2) is 7.87. The summed E-state index contributed by atoms with van der Waals surface area (Å²) in [5, 5.41) is 9.26. The van der Waals surface area contributed by atoms with E-state index in [1.807, 2.05) is 30.3 Å². The van der Waals surface area contributed by atoms with Crippen LogP contribution in [0.3, 0.4) is 0 Å². The van der Waals surface area contributed by atoms with Crippen LogP contribution >= 0.6 is 0 Å². The van der Waals surface area contributed by atoms with E-state index in [0.29, 0.717) is 12.1 Å². The molecule has 6 N–H and O–H groups in total. The molecule has 1 aromatic heterocycles. The highest BCUT2D eigenvalue weighted by Gasteiger charge is 2.17. The maximum absolute atomic E-state index is 11.3. The number of nitrogens with one attached hydrogen (secondary N) is 3. The van der Waals surface area contributed by atoms with Crippen molar-refractivity contribution in [1.29, 1.82) is 0 Å². The number of nitrogens with zero attached hydrogens (tertiary/aromatic N) is 1. The van der Waals surface area contributed by atoms with Gasteiger partial charge in [0.25, 0.3) is 5.91 Å². The van der Waals surface area contributed by atoms with Gasteiger partial charge in [-0.15, -0.1) is 0 Å². The second-order valence-electron chi connectivity index (χ2n) is 4.76. The van der Waals surface area contributed by atoms with Gasteiger partial charge in [0.2, 0.25) is 0 Å². The van der Waals surface area contributed by atoms with Crippen molar-refractivity contribution in [3.8, 4) is 0 Å². The molecule has 0 unspecified atom stereocenters. The predicted octanol–water partition coefficient (Wildman–Crippen LogP) is 0.298. The number of carbonyl (C=O) groups is 2. The summed E-state index contributed by atoms with van der Waals surface area (Å²) < 4.78 is 0. The lowest BCUT2D eigenvalue weighted by Crippen LogP contribution is -2.49. The molecular weight excluding hydrogens is 298 g/mol. The normalized spacial score (nSPS) is 11.7. The average molecular weight is 315 g/mol. The van der Waals surface area contributed by atoms with Crippen molar-refractivity contribution >= 4 is 17.6 Å². The van der Waals surface area contributed by atoms with E-state index in [-0.39, 0.29) is 5.56 Å². The van der Waals surface area contributed by atoms with E-state index < -0.39 is 17.9 Å². The summed E-state index contributed by atoms with van der Waals surface area (Å²) in [5.74, 6) is -1.64. The molecule has 0 aliphatic rings. The first kappa shape index (κ1) is 16.4. The summed E-state index contributed by atoms with van der Waals surface area (Å²) >= 11 is 0. The standard InChI is InChI=1S/C15H17N5O3/c16-14(21)11-9-17-7-6-12(11)18-20-19-13(15(22)23)8-10-4-2-1-3-5-10/h1-7,9,13,19-20H,8H2,(H2,16,21)(H,17,18)(H,22,23)/t13-/m0/s1. The maximum Gasteiger partial charge on any atom is 0.322 e. The van der Waals surface area contributed by atoms with Crippen molar-refractivity contribution in [2.75, 3.05) is 5.43 Å². The maximum atomic E-state index is 11.3. The van der Waals surface area contributed by atoms with Crippen LogP contribution in [0, 0.1) is 0 Å². The Balaban J connectivity index is 1.95. The van der Waals surface area contributed by atoms with E-state index in [1.165, 1.54) is 12.4 Å². The van der Waals surface area contributed by atoms with Gasteiger partial charge in [0, 0.05) is 12.4 Å². The van der Waals surface area contributed by atoms with Crippen LogP contribution in [0.1, 0.15) is 15.9 Å². The molecule has 0 fully saturated rings. The molecule has 0 aliphatic heterocycles. The molecule has 8 nitrogen and oxygen atoms in total. The minimum atomic E-state index is -1.01. The minimum absolute atomic E-state index is 0.191. The molecule has 0 aliphatic carbocycles. The summed E-state index contributed by atoms with van der Waals surface area (Å²) in [4.78, 5) is 26.4. The molecule has 2 aromatic rings. The fraction of sp³-hybridized carbons (Fsp3) is 0.133. The van der Waals surface area contributed by atoms with Gasteiger partial charge in [0.05, 0.1) is 11.3 Å². The van der Waals surface area contributed by atoms with Gasteiger partial charge in [-0.05, 0) is 18.1 Å². The van der Waals surface area contributed by atoms with Crippen LogP contribution in [0.4, 0.5) is 5.69 Å². The number of pyridine rings is 1. The zero-order valence-electron chi connectivity index (χ0n) is 12.2. The molecule has 23 heavy (non-hydrogen) atoms. The third kappa shape index (κ3) is 4.77. The van der Waals surface area contributed by atoms with Gasteiger partial charge in [0.15, 0.2) is 0 Å². The Bertz CT molecular complexity index is 678. The summed E-state index contributed by atoms with van der Waals surface area (Å²) in [7, 11) is 0. The number of carboxylic acids is 1. The van der Waals surface area contributed by atoms with Gasteiger partial charge < -0.3 is 16.3 Å². The van der Waals surface area contributed by atoms with Gasteiger partial charge in [-0.3, -0.25) is 14.6 Å². The minimum Gasteiger partial charge on any atom is -0.480 e. The number of amides is 1. The van der Waals surface area contributed by atoms with E-state index >= 15 is 0 Å². The fourth-order valence-corrected chi connectivity index (χ4v) is 1.94. The van der Waals surface area contributed by atoms with E-state index in [1.54, 1.807) is 6.07 Å². The predicted molar refractivity (Wildman–Crippen MR) is 84.2 cm³/mol. The summed E-state index contributed by atoms with van der Waals surface area (Å²) in [6, 6.07) is 9.93. The largest absolute Gasteiger partial charge is 0.480 e. The third-order valence-electron chi connectivity index (χ3n) is 3.11. The van der Waals surface area contributed by atoms with E-state index in [2.05, 4.69) is 21.4 Å². The molecule has 1 heterocycles. The molecule has 8 heteroatoms. The first-order valence-electron chi connectivity index (χ1n) is 6.85. The van der Waals surface area contributed by atoms with Crippen LogP contribution in [-0.4, -0.2) is 28.0 Å². The number of aromatic nitrogens is 1. The zero-order valence-corrected chi connectivity index (χ0v) is 12.2. The first-order valence-corrected chi connectivity index (χ1v) is 6.85. The molecule has 1 amide bonds. The lowest BCUT2D eigenvalue weighted by atomic mass is 10.1. The smallest absolute Gasteiger partial charge is 0.322 e. The molecule has 1 atom stereocenters. The molecule has 0 spiro atoms. The lowest BCUT2D eigenvalue weighted by molar-refractivity contribution is -0.139. The molecule has 0 bridgehead atoms. The fourth-order valence-electron chi connectivity index (χ4n) is 1.94. The van der Waals surface area contributed by atoms with Gasteiger partial charge in [-0.1, -0.05) is 30.3 Å². The van der Waals surface area contributed by atoms with Crippen LogP contribution in [0.2, 0.25) is 0 Å². The van der Waals surface area contributed by atoms with Crippen LogP contribution in [0.15, 0.2) is 48.8 Å². The van der Waals surface area contributed by atoms with Gasteiger partial charge in [0.1, 0.15) is 6.04 Å². The van der Waals surface area contributed by atoms with Gasteiger partial charge >= 0.3 is 5.97 Å². The SMILES string of the molecule is NC(=O)c1cnccc1NNN[C@@H](Cc1ccccc1)C(=O)O. The van der Waals surface area contributed by atoms with Crippen molar-refractivity contribution in [2.45, 2.75) is 12.5 Å². The van der Waals surface area contributed by atoms with Crippen LogP contribution in [0.25, 0.3) is 0 Å². The highest BCUT2D eigenvalue weighted by Crippen LogP contribution is 2.11. The Labute approximate surface area is 132 Å². The van der Waals surface area contributed by atoms with Gasteiger partial charge in [-0.25, -0.2) is 5.43 Å². The Morgan fingerprint density at radius 3 is 2.61 bits per heavy atom. The Morgan fingerprint density at radius 1 is 1.22 bits per heavy atom. The molecule has 120 valence electrons. The number of anilines is 1. The number of aliphatic carboxylic acids is 1. The lowest BCUT2D eigenvalue weighted by Gasteiger charge is -2.17. The topological polar surface area (TPSA) is 129 Å². The Morgan fingerprint density at radius 2 is 1.96 bits per heavy atom.